The van der Waals surface area contributed by atoms with Gasteiger partial charge in [0.05, 0.1) is 7.11 Å². The van der Waals surface area contributed by atoms with Crippen LogP contribution < -0.4 is 10.5 Å². The Kier molecular flexibility index (Phi) is 3.47. The van der Waals surface area contributed by atoms with Crippen LogP contribution in [0.3, 0.4) is 0 Å². The molecule has 0 heterocycles. The van der Waals surface area contributed by atoms with E-state index in [0.717, 1.165) is 5.56 Å². The van der Waals surface area contributed by atoms with E-state index < -0.39 is 0 Å². The molecule has 0 fully saturated rings. The van der Waals surface area contributed by atoms with Crippen LogP contribution in [0, 0.1) is 5.82 Å². The Bertz CT molecular complexity index is 312. The van der Waals surface area contributed by atoms with Crippen LogP contribution in [0.25, 0.3) is 0 Å². The lowest BCUT2D eigenvalue weighted by Crippen LogP contribution is -2.22. The first-order valence-electron chi connectivity index (χ1n) is 4.65. The molecule has 2 unspecified atom stereocenters. The molecule has 0 saturated carbocycles. The molecular formula is C11H16FNO. The lowest BCUT2D eigenvalue weighted by Gasteiger charge is -2.18. The molecule has 3 heteroatoms. The SMILES string of the molecule is COc1ccc(F)cc1C(C)C(C)N. The summed E-state index contributed by atoms with van der Waals surface area (Å²) < 4.78 is 18.2. The second-order valence-electron chi connectivity index (χ2n) is 3.53. The lowest BCUT2D eigenvalue weighted by atomic mass is 9.94. The molecule has 0 bridgehead atoms. The maximum atomic E-state index is 13.0. The fourth-order valence-electron chi connectivity index (χ4n) is 1.34. The molecule has 2 N–H and O–H groups in total. The number of hydrogen-bond donors (Lipinski definition) is 1. The molecule has 0 saturated heterocycles. The van der Waals surface area contributed by atoms with E-state index in [4.69, 9.17) is 10.5 Å². The van der Waals surface area contributed by atoms with E-state index in [9.17, 15) is 4.39 Å². The molecule has 0 spiro atoms. The summed E-state index contributed by atoms with van der Waals surface area (Å²) in [4.78, 5) is 0. The largest absolute Gasteiger partial charge is 0.496 e. The number of benzene rings is 1. The Hall–Kier alpha value is -1.09. The van der Waals surface area contributed by atoms with Crippen LogP contribution in [-0.4, -0.2) is 13.2 Å². The van der Waals surface area contributed by atoms with Gasteiger partial charge in [-0.1, -0.05) is 6.92 Å². The van der Waals surface area contributed by atoms with Crippen molar-refractivity contribution in [2.24, 2.45) is 5.73 Å². The Morgan fingerprint density at radius 1 is 1.36 bits per heavy atom. The number of ether oxygens (including phenoxy) is 1. The van der Waals surface area contributed by atoms with Gasteiger partial charge in [0.2, 0.25) is 0 Å². The fraction of sp³-hybridized carbons (Fsp3) is 0.455. The van der Waals surface area contributed by atoms with Crippen molar-refractivity contribution in [3.63, 3.8) is 0 Å². The molecule has 2 atom stereocenters. The van der Waals surface area contributed by atoms with Crippen LogP contribution in [0.1, 0.15) is 25.3 Å². The third kappa shape index (κ3) is 2.23. The van der Waals surface area contributed by atoms with E-state index in [0.29, 0.717) is 5.75 Å². The second kappa shape index (κ2) is 4.42. The standard InChI is InChI=1S/C11H16FNO/c1-7(8(2)13)10-6-9(12)4-5-11(10)14-3/h4-8H,13H2,1-3H3. The van der Waals surface area contributed by atoms with Gasteiger partial charge in [0, 0.05) is 11.6 Å². The third-order valence-corrected chi connectivity index (χ3v) is 2.47. The Balaban J connectivity index is 3.10. The average molecular weight is 197 g/mol. The summed E-state index contributed by atoms with van der Waals surface area (Å²) in [7, 11) is 1.57. The zero-order valence-electron chi connectivity index (χ0n) is 8.75. The molecule has 0 amide bonds. The van der Waals surface area contributed by atoms with Crippen molar-refractivity contribution in [2.45, 2.75) is 25.8 Å². The lowest BCUT2D eigenvalue weighted by molar-refractivity contribution is 0.402. The van der Waals surface area contributed by atoms with Crippen LogP contribution in [-0.2, 0) is 0 Å². The van der Waals surface area contributed by atoms with Crippen LogP contribution in [0.5, 0.6) is 5.75 Å². The van der Waals surface area contributed by atoms with Crippen molar-refractivity contribution in [3.05, 3.63) is 29.6 Å². The Labute approximate surface area is 83.9 Å². The Morgan fingerprint density at radius 2 is 2.00 bits per heavy atom. The molecule has 0 aliphatic heterocycles. The zero-order valence-corrected chi connectivity index (χ0v) is 8.75. The molecular weight excluding hydrogens is 181 g/mol. The normalized spacial score (nSPS) is 14.9. The summed E-state index contributed by atoms with van der Waals surface area (Å²) in [5.74, 6) is 0.519. The summed E-state index contributed by atoms with van der Waals surface area (Å²) in [6, 6.07) is 4.47. The van der Waals surface area contributed by atoms with Gasteiger partial charge in [-0.25, -0.2) is 4.39 Å². The van der Waals surface area contributed by atoms with Gasteiger partial charge in [0.25, 0.3) is 0 Å². The minimum Gasteiger partial charge on any atom is -0.496 e. The van der Waals surface area contributed by atoms with Crippen molar-refractivity contribution in [1.29, 1.82) is 0 Å². The van der Waals surface area contributed by atoms with Gasteiger partial charge in [-0.2, -0.15) is 0 Å². The first-order valence-corrected chi connectivity index (χ1v) is 4.65. The highest BCUT2D eigenvalue weighted by Gasteiger charge is 2.15. The first kappa shape index (κ1) is 11.0. The summed E-state index contributed by atoms with van der Waals surface area (Å²) in [6.45, 7) is 3.86. The van der Waals surface area contributed by atoms with E-state index in [-0.39, 0.29) is 17.8 Å². The summed E-state index contributed by atoms with van der Waals surface area (Å²) in [5, 5.41) is 0. The molecule has 1 aromatic carbocycles. The van der Waals surface area contributed by atoms with Gasteiger partial charge in [0.15, 0.2) is 0 Å². The summed E-state index contributed by atoms with van der Waals surface area (Å²) in [6.07, 6.45) is 0. The third-order valence-electron chi connectivity index (χ3n) is 2.47. The molecule has 0 aliphatic rings. The molecule has 1 aromatic rings. The van der Waals surface area contributed by atoms with E-state index >= 15 is 0 Å². The second-order valence-corrected chi connectivity index (χ2v) is 3.53. The van der Waals surface area contributed by atoms with Crippen LogP contribution in [0.4, 0.5) is 4.39 Å². The van der Waals surface area contributed by atoms with Crippen molar-refractivity contribution < 1.29 is 9.13 Å². The van der Waals surface area contributed by atoms with Crippen molar-refractivity contribution >= 4 is 0 Å². The quantitative estimate of drug-likeness (QED) is 0.806. The van der Waals surface area contributed by atoms with E-state index in [1.165, 1.54) is 12.1 Å². The summed E-state index contributed by atoms with van der Waals surface area (Å²) >= 11 is 0. The van der Waals surface area contributed by atoms with E-state index in [1.807, 2.05) is 13.8 Å². The number of nitrogens with two attached hydrogens (primary N) is 1. The van der Waals surface area contributed by atoms with E-state index in [2.05, 4.69) is 0 Å². The number of hydrogen-bond acceptors (Lipinski definition) is 2. The predicted molar refractivity (Wildman–Crippen MR) is 55.0 cm³/mol. The summed E-state index contributed by atoms with van der Waals surface area (Å²) in [5.41, 5.74) is 6.59. The maximum Gasteiger partial charge on any atom is 0.123 e. The predicted octanol–water partition coefficient (Wildman–Crippen LogP) is 2.29. The topological polar surface area (TPSA) is 35.2 Å². The maximum absolute atomic E-state index is 13.0. The van der Waals surface area contributed by atoms with Crippen LogP contribution in [0.15, 0.2) is 18.2 Å². The number of rotatable bonds is 3. The van der Waals surface area contributed by atoms with Gasteiger partial charge in [-0.15, -0.1) is 0 Å². The molecule has 2 nitrogen and oxygen atoms in total. The van der Waals surface area contributed by atoms with Gasteiger partial charge >= 0.3 is 0 Å². The number of halogens is 1. The van der Waals surface area contributed by atoms with Crippen molar-refractivity contribution in [1.82, 2.24) is 0 Å². The minimum atomic E-state index is -0.256. The molecule has 14 heavy (non-hydrogen) atoms. The molecule has 1 rings (SSSR count). The van der Waals surface area contributed by atoms with Gasteiger partial charge in [-0.05, 0) is 31.0 Å². The van der Waals surface area contributed by atoms with Gasteiger partial charge < -0.3 is 10.5 Å². The zero-order chi connectivity index (χ0) is 10.7. The molecule has 0 aromatic heterocycles. The van der Waals surface area contributed by atoms with Crippen LogP contribution in [0.2, 0.25) is 0 Å². The van der Waals surface area contributed by atoms with Crippen molar-refractivity contribution in [2.75, 3.05) is 7.11 Å². The Morgan fingerprint density at radius 3 is 2.50 bits per heavy atom. The van der Waals surface area contributed by atoms with Crippen LogP contribution >= 0.6 is 0 Å². The molecule has 0 radical (unpaired) electrons. The van der Waals surface area contributed by atoms with Gasteiger partial charge in [0.1, 0.15) is 11.6 Å². The highest BCUT2D eigenvalue weighted by Crippen LogP contribution is 2.28. The first-order chi connectivity index (χ1) is 6.56. The smallest absolute Gasteiger partial charge is 0.123 e. The molecule has 78 valence electrons. The van der Waals surface area contributed by atoms with Gasteiger partial charge in [-0.3, -0.25) is 0 Å². The highest BCUT2D eigenvalue weighted by atomic mass is 19.1. The highest BCUT2D eigenvalue weighted by molar-refractivity contribution is 5.37. The van der Waals surface area contributed by atoms with E-state index in [1.54, 1.807) is 13.2 Å². The minimum absolute atomic E-state index is 0.0225. The fourth-order valence-corrected chi connectivity index (χ4v) is 1.34. The van der Waals surface area contributed by atoms with Crippen molar-refractivity contribution in [3.8, 4) is 5.75 Å². The molecule has 0 aliphatic carbocycles. The number of methoxy groups -OCH3 is 1. The monoisotopic (exact) mass is 197 g/mol. The average Bonchev–Trinajstić information content (AvgIpc) is 2.16.